The van der Waals surface area contributed by atoms with Crippen LogP contribution < -0.4 is 11.1 Å². The van der Waals surface area contributed by atoms with Gasteiger partial charge in [-0.1, -0.05) is 36.4 Å². The highest BCUT2D eigenvalue weighted by atomic mass is 16.2. The van der Waals surface area contributed by atoms with Gasteiger partial charge in [-0.05, 0) is 37.0 Å². The largest absolute Gasteiger partial charge is 0.340 e. The van der Waals surface area contributed by atoms with Gasteiger partial charge in [0.05, 0.1) is 5.92 Å². The summed E-state index contributed by atoms with van der Waals surface area (Å²) in [7, 11) is 0. The van der Waals surface area contributed by atoms with Crippen LogP contribution in [0.3, 0.4) is 0 Å². The van der Waals surface area contributed by atoms with Crippen molar-refractivity contribution in [1.29, 1.82) is 0 Å². The second-order valence-corrected chi connectivity index (χ2v) is 6.72. The molecule has 1 aliphatic rings. The molecule has 3 rings (SSSR count). The number of carbonyl (C=O) groups is 2. The highest BCUT2D eigenvalue weighted by Crippen LogP contribution is 2.22. The first-order valence-electron chi connectivity index (χ1n) is 8.87. The van der Waals surface area contributed by atoms with Gasteiger partial charge in [0.25, 0.3) is 0 Å². The first-order chi connectivity index (χ1) is 12.5. The Bertz CT molecular complexity index is 761. The zero-order valence-electron chi connectivity index (χ0n) is 14.9. The van der Waals surface area contributed by atoms with Crippen LogP contribution in [-0.2, 0) is 9.59 Å². The Balaban J connectivity index is 1.62. The summed E-state index contributed by atoms with van der Waals surface area (Å²) in [5, 5.41) is 2.84. The maximum absolute atomic E-state index is 12.7. The summed E-state index contributed by atoms with van der Waals surface area (Å²) in [6.45, 7) is 2.96. The second kappa shape index (κ2) is 8.10. The monoisotopic (exact) mass is 352 g/mol. The Morgan fingerprint density at radius 1 is 1.23 bits per heavy atom. The lowest BCUT2D eigenvalue weighted by Crippen LogP contribution is -2.47. The number of nitrogens with two attached hydrogens (primary N) is 1. The Morgan fingerprint density at radius 3 is 2.69 bits per heavy atom. The number of aromatic nitrogens is 1. The molecule has 6 nitrogen and oxygen atoms in total. The smallest absolute Gasteiger partial charge is 0.244 e. The fourth-order valence-corrected chi connectivity index (χ4v) is 3.16. The lowest BCUT2D eigenvalue weighted by atomic mass is 9.95. The number of likely N-dealkylation sites (tertiary alicyclic amines) is 1. The summed E-state index contributed by atoms with van der Waals surface area (Å²) in [6.07, 6.45) is 3.25. The lowest BCUT2D eigenvalue weighted by molar-refractivity contribution is -0.136. The van der Waals surface area contributed by atoms with Gasteiger partial charge in [-0.25, -0.2) is 4.98 Å². The van der Waals surface area contributed by atoms with Gasteiger partial charge >= 0.3 is 0 Å². The molecule has 2 heterocycles. The number of hydrogen-bond donors (Lipinski definition) is 2. The normalized spacial score (nSPS) is 18.2. The molecule has 1 saturated heterocycles. The molecule has 0 bridgehead atoms. The van der Waals surface area contributed by atoms with Crippen molar-refractivity contribution in [2.24, 2.45) is 11.7 Å². The van der Waals surface area contributed by atoms with Crippen molar-refractivity contribution in [3.63, 3.8) is 0 Å². The molecule has 2 atom stereocenters. The molecule has 3 N–H and O–H groups in total. The fourth-order valence-electron chi connectivity index (χ4n) is 3.16. The average Bonchev–Trinajstić information content (AvgIpc) is 2.69. The van der Waals surface area contributed by atoms with Gasteiger partial charge < -0.3 is 16.0 Å². The van der Waals surface area contributed by atoms with E-state index in [2.05, 4.69) is 10.3 Å². The summed E-state index contributed by atoms with van der Waals surface area (Å²) in [4.78, 5) is 31.2. The van der Waals surface area contributed by atoms with Crippen LogP contribution in [0.5, 0.6) is 0 Å². The van der Waals surface area contributed by atoms with E-state index < -0.39 is 6.04 Å². The third-order valence-electron chi connectivity index (χ3n) is 4.69. The second-order valence-electron chi connectivity index (χ2n) is 6.72. The first-order valence-corrected chi connectivity index (χ1v) is 8.87. The number of rotatable bonds is 4. The minimum Gasteiger partial charge on any atom is -0.340 e. The number of benzene rings is 1. The van der Waals surface area contributed by atoms with Crippen molar-refractivity contribution in [1.82, 2.24) is 9.88 Å². The van der Waals surface area contributed by atoms with E-state index in [1.807, 2.05) is 43.3 Å². The van der Waals surface area contributed by atoms with Crippen LogP contribution in [0.4, 0.5) is 5.82 Å². The Morgan fingerprint density at radius 2 is 2.00 bits per heavy atom. The van der Waals surface area contributed by atoms with Gasteiger partial charge in [-0.15, -0.1) is 0 Å². The Hall–Kier alpha value is -2.73. The summed E-state index contributed by atoms with van der Waals surface area (Å²) >= 11 is 0. The van der Waals surface area contributed by atoms with Gasteiger partial charge in [0.1, 0.15) is 11.9 Å². The zero-order chi connectivity index (χ0) is 18.5. The number of nitrogens with zero attached hydrogens (tertiary/aromatic N) is 2. The number of amides is 2. The highest BCUT2D eigenvalue weighted by molar-refractivity contribution is 5.92. The van der Waals surface area contributed by atoms with Crippen molar-refractivity contribution < 1.29 is 9.59 Å². The molecule has 2 amide bonds. The van der Waals surface area contributed by atoms with Crippen LogP contribution in [-0.4, -0.2) is 34.8 Å². The van der Waals surface area contributed by atoms with E-state index in [1.165, 1.54) is 0 Å². The first kappa shape index (κ1) is 18.1. The maximum Gasteiger partial charge on any atom is 0.244 e. The third-order valence-corrected chi connectivity index (χ3v) is 4.69. The van der Waals surface area contributed by atoms with Crippen molar-refractivity contribution in [3.05, 3.63) is 59.8 Å². The van der Waals surface area contributed by atoms with Crippen LogP contribution in [0.15, 0.2) is 48.7 Å². The van der Waals surface area contributed by atoms with Crippen LogP contribution in [0.25, 0.3) is 0 Å². The van der Waals surface area contributed by atoms with Crippen LogP contribution >= 0.6 is 0 Å². The summed E-state index contributed by atoms with van der Waals surface area (Å²) in [5.41, 5.74) is 7.95. The molecule has 2 unspecified atom stereocenters. The third kappa shape index (κ3) is 4.26. The Kier molecular flexibility index (Phi) is 5.63. The molecular weight excluding hydrogens is 328 g/mol. The zero-order valence-corrected chi connectivity index (χ0v) is 14.9. The molecule has 1 fully saturated rings. The van der Waals surface area contributed by atoms with E-state index in [9.17, 15) is 9.59 Å². The number of anilines is 1. The average molecular weight is 352 g/mol. The number of pyridine rings is 1. The van der Waals surface area contributed by atoms with Crippen molar-refractivity contribution in [3.8, 4) is 0 Å². The van der Waals surface area contributed by atoms with Gasteiger partial charge in [-0.2, -0.15) is 0 Å². The van der Waals surface area contributed by atoms with E-state index in [0.29, 0.717) is 18.9 Å². The fraction of sp³-hybridized carbons (Fsp3) is 0.350. The van der Waals surface area contributed by atoms with Crippen molar-refractivity contribution in [2.45, 2.75) is 25.8 Å². The number of aryl methyl sites for hydroxylation is 1. The molecule has 2 aromatic rings. The topological polar surface area (TPSA) is 88.3 Å². The van der Waals surface area contributed by atoms with E-state index >= 15 is 0 Å². The number of carbonyl (C=O) groups excluding carboxylic acids is 2. The summed E-state index contributed by atoms with van der Waals surface area (Å²) in [6, 6.07) is 12.3. The molecular formula is C20H24N4O2. The number of nitrogens with one attached hydrogen (secondary N) is 1. The molecule has 0 spiro atoms. The van der Waals surface area contributed by atoms with Crippen molar-refractivity contribution >= 4 is 17.6 Å². The molecule has 1 aromatic carbocycles. The molecule has 1 aliphatic heterocycles. The molecule has 0 aliphatic carbocycles. The number of hydrogen-bond acceptors (Lipinski definition) is 4. The van der Waals surface area contributed by atoms with Gasteiger partial charge in [0.15, 0.2) is 0 Å². The standard InChI is InChI=1S/C20H24N4O2/c1-14-9-10-17(22-12-14)23-19(25)16-8-5-11-24(13-16)20(26)18(21)15-6-3-2-4-7-15/h2-4,6-7,9-10,12,16,18H,5,8,11,13,21H2,1H3,(H,22,23,25). The minimum atomic E-state index is -0.697. The van der Waals surface area contributed by atoms with Crippen LogP contribution in [0.2, 0.25) is 0 Å². The highest BCUT2D eigenvalue weighted by Gasteiger charge is 2.31. The van der Waals surface area contributed by atoms with Crippen LogP contribution in [0, 0.1) is 12.8 Å². The SMILES string of the molecule is Cc1ccc(NC(=O)C2CCCN(C(=O)C(N)c3ccccc3)C2)nc1. The van der Waals surface area contributed by atoms with E-state index in [-0.39, 0.29) is 17.7 Å². The molecule has 1 aromatic heterocycles. The predicted octanol–water partition coefficient (Wildman–Crippen LogP) is 2.27. The minimum absolute atomic E-state index is 0.105. The molecule has 0 saturated carbocycles. The lowest BCUT2D eigenvalue weighted by Gasteiger charge is -2.33. The Labute approximate surface area is 153 Å². The number of piperidine rings is 1. The summed E-state index contributed by atoms with van der Waals surface area (Å²) in [5.74, 6) is 0.0399. The van der Waals surface area contributed by atoms with Crippen LogP contribution in [0.1, 0.15) is 30.0 Å². The predicted molar refractivity (Wildman–Crippen MR) is 100 cm³/mol. The van der Waals surface area contributed by atoms with E-state index in [0.717, 1.165) is 24.0 Å². The quantitative estimate of drug-likeness (QED) is 0.883. The molecule has 6 heteroatoms. The van der Waals surface area contributed by atoms with Gasteiger partial charge in [-0.3, -0.25) is 9.59 Å². The molecule has 136 valence electrons. The van der Waals surface area contributed by atoms with Gasteiger partial charge in [0, 0.05) is 19.3 Å². The van der Waals surface area contributed by atoms with Crippen molar-refractivity contribution in [2.75, 3.05) is 18.4 Å². The maximum atomic E-state index is 12.7. The summed E-state index contributed by atoms with van der Waals surface area (Å²) < 4.78 is 0. The van der Waals surface area contributed by atoms with E-state index in [4.69, 9.17) is 5.73 Å². The van der Waals surface area contributed by atoms with Gasteiger partial charge in [0.2, 0.25) is 11.8 Å². The van der Waals surface area contributed by atoms with E-state index in [1.54, 1.807) is 17.2 Å². The molecule has 0 radical (unpaired) electrons. The molecule has 26 heavy (non-hydrogen) atoms.